The molecule has 1 fully saturated rings. The highest BCUT2D eigenvalue weighted by Crippen LogP contribution is 2.24. The first-order valence-electron chi connectivity index (χ1n) is 7.41. The molecule has 1 amide bonds. The van der Waals surface area contributed by atoms with Crippen LogP contribution in [0.3, 0.4) is 0 Å². The molecule has 1 saturated carbocycles. The lowest BCUT2D eigenvalue weighted by Crippen LogP contribution is -2.41. The van der Waals surface area contributed by atoms with Crippen LogP contribution < -0.4 is 5.32 Å². The number of hydrogen-bond acceptors (Lipinski definition) is 2. The van der Waals surface area contributed by atoms with E-state index in [0.717, 1.165) is 17.3 Å². The van der Waals surface area contributed by atoms with Gasteiger partial charge in [-0.05, 0) is 30.9 Å². The number of amides is 1. The van der Waals surface area contributed by atoms with E-state index in [-0.39, 0.29) is 5.91 Å². The summed E-state index contributed by atoms with van der Waals surface area (Å²) in [6, 6.07) is 11.9. The molecular weight excluding hydrogens is 248 g/mol. The monoisotopic (exact) mass is 268 g/mol. The molecule has 0 aliphatic heterocycles. The second-order valence-electron chi connectivity index (χ2n) is 5.73. The largest absolute Gasteiger partial charge is 0.348 e. The maximum atomic E-state index is 12.3. The molecule has 1 aliphatic carbocycles. The lowest BCUT2D eigenvalue weighted by molar-refractivity contribution is 0.0905. The van der Waals surface area contributed by atoms with Crippen molar-refractivity contribution in [3.05, 3.63) is 42.1 Å². The zero-order valence-corrected chi connectivity index (χ0v) is 11.8. The molecule has 1 N–H and O–H groups in total. The van der Waals surface area contributed by atoms with Crippen LogP contribution in [0.2, 0.25) is 0 Å². The van der Waals surface area contributed by atoms with Crippen LogP contribution in [0.5, 0.6) is 0 Å². The van der Waals surface area contributed by atoms with E-state index in [1.165, 1.54) is 19.3 Å². The molecule has 1 aromatic carbocycles. The second-order valence-corrected chi connectivity index (χ2v) is 5.73. The SMILES string of the molecule is C[C@H]1CCCC[C@H]1NC(=O)c1ccc2ccccc2n1. The molecule has 20 heavy (non-hydrogen) atoms. The number of rotatable bonds is 2. The van der Waals surface area contributed by atoms with E-state index in [1.807, 2.05) is 36.4 Å². The van der Waals surface area contributed by atoms with Crippen LogP contribution in [0.15, 0.2) is 36.4 Å². The Morgan fingerprint density at radius 3 is 2.80 bits per heavy atom. The molecule has 1 aromatic heterocycles. The highest BCUT2D eigenvalue weighted by atomic mass is 16.1. The minimum Gasteiger partial charge on any atom is -0.348 e. The number of para-hydroxylation sites is 1. The van der Waals surface area contributed by atoms with E-state index in [1.54, 1.807) is 0 Å². The molecule has 1 heterocycles. The maximum absolute atomic E-state index is 12.3. The third-order valence-electron chi connectivity index (χ3n) is 4.26. The maximum Gasteiger partial charge on any atom is 0.270 e. The van der Waals surface area contributed by atoms with E-state index in [2.05, 4.69) is 17.2 Å². The van der Waals surface area contributed by atoms with Crippen LogP contribution in [-0.4, -0.2) is 16.9 Å². The summed E-state index contributed by atoms with van der Waals surface area (Å²) in [6.07, 6.45) is 4.78. The van der Waals surface area contributed by atoms with Crippen molar-refractivity contribution in [2.45, 2.75) is 38.6 Å². The number of aromatic nitrogens is 1. The summed E-state index contributed by atoms with van der Waals surface area (Å²) in [5.41, 5.74) is 1.39. The quantitative estimate of drug-likeness (QED) is 0.905. The predicted octanol–water partition coefficient (Wildman–Crippen LogP) is 3.54. The van der Waals surface area contributed by atoms with E-state index >= 15 is 0 Å². The number of hydrogen-bond donors (Lipinski definition) is 1. The molecular formula is C17H20N2O. The van der Waals surface area contributed by atoms with Gasteiger partial charge in [0.1, 0.15) is 5.69 Å². The number of nitrogens with one attached hydrogen (secondary N) is 1. The van der Waals surface area contributed by atoms with E-state index < -0.39 is 0 Å². The van der Waals surface area contributed by atoms with Crippen molar-refractivity contribution in [3.8, 4) is 0 Å². The van der Waals surface area contributed by atoms with Gasteiger partial charge in [-0.1, -0.05) is 44.0 Å². The fourth-order valence-electron chi connectivity index (χ4n) is 2.97. The Morgan fingerprint density at radius 1 is 1.15 bits per heavy atom. The van der Waals surface area contributed by atoms with Gasteiger partial charge in [0.2, 0.25) is 0 Å². The first-order chi connectivity index (χ1) is 9.74. The van der Waals surface area contributed by atoms with Crippen molar-refractivity contribution in [2.24, 2.45) is 5.92 Å². The fourth-order valence-corrected chi connectivity index (χ4v) is 2.97. The van der Waals surface area contributed by atoms with Crippen molar-refractivity contribution in [1.82, 2.24) is 10.3 Å². The third-order valence-corrected chi connectivity index (χ3v) is 4.26. The van der Waals surface area contributed by atoms with Gasteiger partial charge in [-0.3, -0.25) is 4.79 Å². The van der Waals surface area contributed by atoms with Crippen LogP contribution in [-0.2, 0) is 0 Å². The topological polar surface area (TPSA) is 42.0 Å². The van der Waals surface area contributed by atoms with E-state index in [0.29, 0.717) is 17.7 Å². The normalized spacial score (nSPS) is 22.6. The smallest absolute Gasteiger partial charge is 0.270 e. The van der Waals surface area contributed by atoms with Crippen molar-refractivity contribution in [3.63, 3.8) is 0 Å². The molecule has 0 radical (unpaired) electrons. The van der Waals surface area contributed by atoms with Gasteiger partial charge < -0.3 is 5.32 Å². The number of carbonyl (C=O) groups is 1. The van der Waals surface area contributed by atoms with Crippen LogP contribution >= 0.6 is 0 Å². The first-order valence-corrected chi connectivity index (χ1v) is 7.41. The number of pyridine rings is 1. The van der Waals surface area contributed by atoms with Crippen molar-refractivity contribution < 1.29 is 4.79 Å². The summed E-state index contributed by atoms with van der Waals surface area (Å²) in [4.78, 5) is 16.8. The molecule has 0 spiro atoms. The molecule has 1 aliphatic rings. The minimum atomic E-state index is -0.0468. The van der Waals surface area contributed by atoms with Crippen molar-refractivity contribution in [1.29, 1.82) is 0 Å². The van der Waals surface area contributed by atoms with Gasteiger partial charge >= 0.3 is 0 Å². The van der Waals surface area contributed by atoms with Gasteiger partial charge in [0.15, 0.2) is 0 Å². The highest BCUT2D eigenvalue weighted by Gasteiger charge is 2.23. The number of carbonyl (C=O) groups excluding carboxylic acids is 1. The number of benzene rings is 1. The number of nitrogens with zero attached hydrogens (tertiary/aromatic N) is 1. The van der Waals surface area contributed by atoms with Crippen molar-refractivity contribution >= 4 is 16.8 Å². The summed E-state index contributed by atoms with van der Waals surface area (Å²) in [5, 5.41) is 4.21. The van der Waals surface area contributed by atoms with Crippen LogP contribution in [0.1, 0.15) is 43.1 Å². The lowest BCUT2D eigenvalue weighted by atomic mass is 9.86. The molecule has 2 atom stereocenters. The lowest BCUT2D eigenvalue weighted by Gasteiger charge is -2.29. The molecule has 2 aromatic rings. The zero-order chi connectivity index (χ0) is 13.9. The Morgan fingerprint density at radius 2 is 1.95 bits per heavy atom. The van der Waals surface area contributed by atoms with Gasteiger partial charge in [-0.15, -0.1) is 0 Å². The highest BCUT2D eigenvalue weighted by molar-refractivity contribution is 5.95. The molecule has 3 heteroatoms. The second kappa shape index (κ2) is 5.61. The van der Waals surface area contributed by atoms with Crippen LogP contribution in [0.4, 0.5) is 0 Å². The Balaban J connectivity index is 1.78. The average Bonchev–Trinajstić information content (AvgIpc) is 2.49. The number of fused-ring (bicyclic) bond motifs is 1. The molecule has 3 rings (SSSR count). The van der Waals surface area contributed by atoms with Crippen LogP contribution in [0, 0.1) is 5.92 Å². The van der Waals surface area contributed by atoms with Gasteiger partial charge in [0.25, 0.3) is 5.91 Å². The summed E-state index contributed by atoms with van der Waals surface area (Å²) < 4.78 is 0. The molecule has 3 nitrogen and oxygen atoms in total. The summed E-state index contributed by atoms with van der Waals surface area (Å²) in [6.45, 7) is 2.22. The molecule has 0 bridgehead atoms. The van der Waals surface area contributed by atoms with Gasteiger partial charge in [0.05, 0.1) is 5.52 Å². The van der Waals surface area contributed by atoms with Gasteiger partial charge in [0, 0.05) is 11.4 Å². The molecule has 0 saturated heterocycles. The predicted molar refractivity (Wildman–Crippen MR) is 80.6 cm³/mol. The van der Waals surface area contributed by atoms with Crippen LogP contribution in [0.25, 0.3) is 10.9 Å². The van der Waals surface area contributed by atoms with E-state index in [4.69, 9.17) is 0 Å². The van der Waals surface area contributed by atoms with Crippen molar-refractivity contribution in [2.75, 3.05) is 0 Å². The third kappa shape index (κ3) is 2.67. The van der Waals surface area contributed by atoms with E-state index in [9.17, 15) is 4.79 Å². The Labute approximate surface area is 119 Å². The Kier molecular flexibility index (Phi) is 3.68. The molecule has 104 valence electrons. The Bertz CT molecular complexity index is 623. The fraction of sp³-hybridized carbons (Fsp3) is 0.412. The summed E-state index contributed by atoms with van der Waals surface area (Å²) in [5.74, 6) is 0.516. The van der Waals surface area contributed by atoms with Gasteiger partial charge in [-0.2, -0.15) is 0 Å². The summed E-state index contributed by atoms with van der Waals surface area (Å²) in [7, 11) is 0. The minimum absolute atomic E-state index is 0.0468. The first kappa shape index (κ1) is 13.1. The Hall–Kier alpha value is -1.90. The zero-order valence-electron chi connectivity index (χ0n) is 11.8. The average molecular weight is 268 g/mol. The molecule has 0 unspecified atom stereocenters. The summed E-state index contributed by atoms with van der Waals surface area (Å²) >= 11 is 0. The standard InChI is InChI=1S/C17H20N2O/c1-12-6-2-4-8-14(12)19-17(20)16-11-10-13-7-3-5-9-15(13)18-16/h3,5,7,9-12,14H,2,4,6,8H2,1H3,(H,19,20)/t12-,14+/m0/s1. The van der Waals surface area contributed by atoms with Gasteiger partial charge in [-0.25, -0.2) is 4.98 Å².